The van der Waals surface area contributed by atoms with Gasteiger partial charge in [-0.05, 0) is 42.0 Å². The normalized spacial score (nSPS) is 11.4. The molecular formula is C16H13ClN2O3S2. The van der Waals surface area contributed by atoms with Crippen LogP contribution >= 0.6 is 22.9 Å². The Kier molecular flexibility index (Phi) is 5.15. The summed E-state index contributed by atoms with van der Waals surface area (Å²) in [6.45, 7) is 0.183. The van der Waals surface area contributed by atoms with Crippen molar-refractivity contribution in [3.05, 3.63) is 70.7 Å². The average molecular weight is 381 g/mol. The van der Waals surface area contributed by atoms with Crippen LogP contribution in [0.5, 0.6) is 10.9 Å². The maximum atomic E-state index is 12.2. The number of halogens is 1. The first-order valence-corrected chi connectivity index (χ1v) is 9.68. The summed E-state index contributed by atoms with van der Waals surface area (Å²) in [6.07, 6.45) is 1.67. The molecule has 0 atom stereocenters. The van der Waals surface area contributed by atoms with Gasteiger partial charge in [0.1, 0.15) is 5.75 Å². The number of nitrogens with one attached hydrogen (secondary N) is 1. The summed E-state index contributed by atoms with van der Waals surface area (Å²) < 4.78 is 32.5. The van der Waals surface area contributed by atoms with Crippen molar-refractivity contribution in [2.45, 2.75) is 11.4 Å². The molecule has 0 aliphatic carbocycles. The van der Waals surface area contributed by atoms with Crippen LogP contribution in [0.25, 0.3) is 0 Å². The molecule has 0 spiro atoms. The molecule has 0 saturated heterocycles. The number of thiazole rings is 1. The lowest BCUT2D eigenvalue weighted by atomic mass is 10.2. The summed E-state index contributed by atoms with van der Waals surface area (Å²) in [5.41, 5.74) is 0.819. The quantitative estimate of drug-likeness (QED) is 0.700. The third-order valence-electron chi connectivity index (χ3n) is 3.13. The van der Waals surface area contributed by atoms with Crippen molar-refractivity contribution in [2.24, 2.45) is 0 Å². The Morgan fingerprint density at radius 2 is 1.79 bits per heavy atom. The van der Waals surface area contributed by atoms with Crippen LogP contribution in [0.4, 0.5) is 0 Å². The second kappa shape index (κ2) is 7.31. The molecule has 1 heterocycles. The molecule has 0 radical (unpaired) electrons. The van der Waals surface area contributed by atoms with E-state index >= 15 is 0 Å². The predicted molar refractivity (Wildman–Crippen MR) is 94.1 cm³/mol. The number of rotatable bonds is 6. The number of aromatic nitrogens is 1. The number of nitrogens with zero attached hydrogens (tertiary/aromatic N) is 1. The summed E-state index contributed by atoms with van der Waals surface area (Å²) in [6, 6.07) is 13.2. The van der Waals surface area contributed by atoms with Crippen molar-refractivity contribution in [1.29, 1.82) is 0 Å². The molecule has 8 heteroatoms. The molecule has 3 rings (SSSR count). The standard InChI is InChI=1S/C16H13ClN2O3S2/c17-13-3-7-15(8-4-13)24(20,21)19-11-12-1-5-14(6-2-12)22-16-18-9-10-23-16/h1-10,19H,11H2. The second-order valence-electron chi connectivity index (χ2n) is 4.82. The van der Waals surface area contributed by atoms with Crippen molar-refractivity contribution in [1.82, 2.24) is 9.71 Å². The van der Waals surface area contributed by atoms with Crippen molar-refractivity contribution >= 4 is 33.0 Å². The van der Waals surface area contributed by atoms with Gasteiger partial charge in [-0.3, -0.25) is 0 Å². The van der Waals surface area contributed by atoms with E-state index in [-0.39, 0.29) is 11.4 Å². The van der Waals surface area contributed by atoms with Crippen LogP contribution in [0.1, 0.15) is 5.56 Å². The highest BCUT2D eigenvalue weighted by molar-refractivity contribution is 7.89. The Morgan fingerprint density at radius 1 is 1.08 bits per heavy atom. The molecule has 0 saturated carbocycles. The monoisotopic (exact) mass is 380 g/mol. The fourth-order valence-electron chi connectivity index (χ4n) is 1.91. The molecule has 1 N–H and O–H groups in total. The van der Waals surface area contributed by atoms with Gasteiger partial charge in [-0.1, -0.05) is 35.1 Å². The van der Waals surface area contributed by atoms with Crippen molar-refractivity contribution in [2.75, 3.05) is 0 Å². The van der Waals surface area contributed by atoms with E-state index in [1.807, 2.05) is 5.38 Å². The van der Waals surface area contributed by atoms with Gasteiger partial charge in [0.05, 0.1) is 4.90 Å². The maximum absolute atomic E-state index is 12.2. The van der Waals surface area contributed by atoms with Crippen molar-refractivity contribution in [3.8, 4) is 10.9 Å². The van der Waals surface area contributed by atoms with Gasteiger partial charge in [0, 0.05) is 23.1 Å². The third-order valence-corrected chi connectivity index (χ3v) is 5.45. The lowest BCUT2D eigenvalue weighted by Crippen LogP contribution is -2.23. The Hall–Kier alpha value is -1.93. The largest absolute Gasteiger partial charge is 0.431 e. The smallest absolute Gasteiger partial charge is 0.278 e. The zero-order chi connectivity index (χ0) is 17.0. The number of sulfonamides is 1. The topological polar surface area (TPSA) is 68.3 Å². The van der Waals surface area contributed by atoms with Gasteiger partial charge >= 0.3 is 0 Å². The van der Waals surface area contributed by atoms with E-state index < -0.39 is 10.0 Å². The first-order chi connectivity index (χ1) is 11.5. The minimum absolute atomic E-state index is 0.177. The molecule has 0 amide bonds. The van der Waals surface area contributed by atoms with Crippen molar-refractivity contribution in [3.63, 3.8) is 0 Å². The van der Waals surface area contributed by atoms with Gasteiger partial charge in [-0.2, -0.15) is 0 Å². The van der Waals surface area contributed by atoms with Gasteiger partial charge in [-0.25, -0.2) is 18.1 Å². The summed E-state index contributed by atoms with van der Waals surface area (Å²) >= 11 is 7.17. The lowest BCUT2D eigenvalue weighted by Gasteiger charge is -2.08. The van der Waals surface area contributed by atoms with E-state index in [1.165, 1.54) is 23.5 Å². The molecule has 1 aromatic heterocycles. The fourth-order valence-corrected chi connectivity index (χ4v) is 3.56. The second-order valence-corrected chi connectivity index (χ2v) is 7.88. The first kappa shape index (κ1) is 16.9. The molecule has 0 bridgehead atoms. The van der Waals surface area contributed by atoms with E-state index in [0.29, 0.717) is 16.0 Å². The molecule has 0 unspecified atom stereocenters. The number of hydrogen-bond acceptors (Lipinski definition) is 5. The molecule has 2 aromatic carbocycles. The van der Waals surface area contributed by atoms with E-state index in [4.69, 9.17) is 16.3 Å². The summed E-state index contributed by atoms with van der Waals surface area (Å²) in [5.74, 6) is 0.647. The summed E-state index contributed by atoms with van der Waals surface area (Å²) in [7, 11) is -3.57. The SMILES string of the molecule is O=S(=O)(NCc1ccc(Oc2nccs2)cc1)c1ccc(Cl)cc1. The molecular weight excluding hydrogens is 368 g/mol. The van der Waals surface area contributed by atoms with Crippen LogP contribution in [-0.2, 0) is 16.6 Å². The van der Waals surface area contributed by atoms with E-state index in [9.17, 15) is 8.42 Å². The molecule has 0 aliphatic rings. The van der Waals surface area contributed by atoms with Crippen LogP contribution in [0.2, 0.25) is 5.02 Å². The highest BCUT2D eigenvalue weighted by atomic mass is 35.5. The third kappa shape index (κ3) is 4.33. The summed E-state index contributed by atoms with van der Waals surface area (Å²) in [5, 5.41) is 2.88. The fraction of sp³-hybridized carbons (Fsp3) is 0.0625. The Balaban J connectivity index is 1.62. The zero-order valence-corrected chi connectivity index (χ0v) is 14.7. The van der Waals surface area contributed by atoms with Crippen LogP contribution < -0.4 is 9.46 Å². The van der Waals surface area contributed by atoms with Gasteiger partial charge in [-0.15, -0.1) is 0 Å². The van der Waals surface area contributed by atoms with Crippen molar-refractivity contribution < 1.29 is 13.2 Å². The van der Waals surface area contributed by atoms with Crippen LogP contribution in [0.15, 0.2) is 65.0 Å². The molecule has 24 heavy (non-hydrogen) atoms. The van der Waals surface area contributed by atoms with Gasteiger partial charge < -0.3 is 4.74 Å². The van der Waals surface area contributed by atoms with E-state index in [0.717, 1.165) is 5.56 Å². The van der Waals surface area contributed by atoms with Crippen LogP contribution in [0.3, 0.4) is 0 Å². The Labute approximate surface area is 148 Å². The molecule has 124 valence electrons. The van der Waals surface area contributed by atoms with E-state index in [2.05, 4.69) is 9.71 Å². The van der Waals surface area contributed by atoms with Crippen LogP contribution in [0, 0.1) is 0 Å². The molecule has 0 aliphatic heterocycles. The lowest BCUT2D eigenvalue weighted by molar-refractivity contribution is 0.478. The number of hydrogen-bond donors (Lipinski definition) is 1. The molecule has 3 aromatic rings. The highest BCUT2D eigenvalue weighted by Gasteiger charge is 2.13. The first-order valence-electron chi connectivity index (χ1n) is 6.94. The minimum Gasteiger partial charge on any atom is -0.431 e. The van der Waals surface area contributed by atoms with Gasteiger partial charge in [0.2, 0.25) is 10.0 Å². The number of ether oxygens (including phenoxy) is 1. The van der Waals surface area contributed by atoms with Crippen LogP contribution in [-0.4, -0.2) is 13.4 Å². The highest BCUT2D eigenvalue weighted by Crippen LogP contribution is 2.23. The predicted octanol–water partition coefficient (Wildman–Crippen LogP) is 4.07. The minimum atomic E-state index is -3.57. The maximum Gasteiger partial charge on any atom is 0.278 e. The summed E-state index contributed by atoms with van der Waals surface area (Å²) in [4.78, 5) is 4.21. The van der Waals surface area contributed by atoms with Gasteiger partial charge in [0.25, 0.3) is 5.19 Å². The Morgan fingerprint density at radius 3 is 2.42 bits per heavy atom. The zero-order valence-electron chi connectivity index (χ0n) is 12.3. The Bertz CT molecular complexity index is 894. The molecule has 5 nitrogen and oxygen atoms in total. The molecule has 0 fully saturated rings. The van der Waals surface area contributed by atoms with Gasteiger partial charge in [0.15, 0.2) is 0 Å². The van der Waals surface area contributed by atoms with E-state index in [1.54, 1.807) is 42.6 Å². The average Bonchev–Trinajstić information content (AvgIpc) is 3.08. The number of benzene rings is 2.